The molecule has 4 aromatic rings. The number of imide groups is 1. The highest BCUT2D eigenvalue weighted by Gasteiger charge is 2.41. The number of fused-ring (bicyclic) bond motifs is 1. The third kappa shape index (κ3) is 6.64. The minimum absolute atomic E-state index is 0.0245. The van der Waals surface area contributed by atoms with Gasteiger partial charge in [0.2, 0.25) is 0 Å². The molecule has 1 N–H and O–H groups in total. The van der Waals surface area contributed by atoms with Gasteiger partial charge in [-0.15, -0.1) is 0 Å². The van der Waals surface area contributed by atoms with E-state index >= 15 is 0 Å². The van der Waals surface area contributed by atoms with Crippen molar-refractivity contribution in [2.75, 3.05) is 6.54 Å². The van der Waals surface area contributed by atoms with Gasteiger partial charge in [-0.25, -0.2) is 0 Å². The van der Waals surface area contributed by atoms with Crippen molar-refractivity contribution in [3.8, 4) is 0 Å². The molecule has 6 nitrogen and oxygen atoms in total. The molecule has 1 aromatic heterocycles. The molecule has 0 bridgehead atoms. The van der Waals surface area contributed by atoms with E-state index in [1.165, 1.54) is 12.1 Å². The van der Waals surface area contributed by atoms with Gasteiger partial charge in [0.15, 0.2) is 11.2 Å². The van der Waals surface area contributed by atoms with Crippen molar-refractivity contribution in [1.29, 1.82) is 0 Å². The van der Waals surface area contributed by atoms with Crippen molar-refractivity contribution in [2.24, 2.45) is 0 Å². The van der Waals surface area contributed by atoms with Crippen molar-refractivity contribution >= 4 is 22.8 Å². The van der Waals surface area contributed by atoms with Gasteiger partial charge in [-0.2, -0.15) is 26.3 Å². The minimum atomic E-state index is -5.20. The first-order chi connectivity index (χ1) is 20.3. The molecule has 5 rings (SSSR count). The Morgan fingerprint density at radius 2 is 1.47 bits per heavy atom. The Bertz CT molecular complexity index is 1680. The monoisotopic (exact) mass is 602 g/mol. The van der Waals surface area contributed by atoms with E-state index in [2.05, 4.69) is 5.32 Å². The van der Waals surface area contributed by atoms with Crippen LogP contribution in [0, 0.1) is 0 Å². The third-order valence-electron chi connectivity index (χ3n) is 7.27. The first-order valence-electron chi connectivity index (χ1n) is 13.3. The third-order valence-corrected chi connectivity index (χ3v) is 7.27. The smallest absolute Gasteiger partial charge is 0.416 e. The Morgan fingerprint density at radius 3 is 2.12 bits per heavy atom. The van der Waals surface area contributed by atoms with E-state index in [4.69, 9.17) is 4.42 Å². The molecular weight excluding hydrogens is 578 g/mol. The van der Waals surface area contributed by atoms with Crippen molar-refractivity contribution in [2.45, 2.75) is 43.7 Å². The summed E-state index contributed by atoms with van der Waals surface area (Å²) in [4.78, 5) is 41.1. The standard InChI is InChI=1S/C31H24F6N2O4/c32-30(33,34)20-13-19(14-21(15-20)31(35,36)37)28(41)39(23-10-11-38-22(16-23)12-18-6-2-1-3-7-18)29(42)27-17-25(40)24-8-4-5-9-26(24)43-27/h1-9,13-15,17,22-23,38H,10-12,16H2. The van der Waals surface area contributed by atoms with E-state index in [0.29, 0.717) is 17.9 Å². The predicted octanol–water partition coefficient (Wildman–Crippen LogP) is 6.48. The fourth-order valence-electron chi connectivity index (χ4n) is 5.24. The first kappa shape index (κ1) is 30.0. The number of carbonyl (C=O) groups is 2. The molecule has 0 aliphatic carbocycles. The quantitative estimate of drug-likeness (QED) is 0.209. The highest BCUT2D eigenvalue weighted by Crippen LogP contribution is 2.37. The Balaban J connectivity index is 1.59. The summed E-state index contributed by atoms with van der Waals surface area (Å²) in [6, 6.07) is 15.4. The summed E-state index contributed by atoms with van der Waals surface area (Å²) in [5, 5.41) is 3.43. The lowest BCUT2D eigenvalue weighted by Gasteiger charge is -2.37. The molecule has 0 saturated carbocycles. The zero-order valence-corrected chi connectivity index (χ0v) is 22.3. The summed E-state index contributed by atoms with van der Waals surface area (Å²) in [5.41, 5.74) is -4.00. The molecule has 3 aromatic carbocycles. The molecule has 12 heteroatoms. The van der Waals surface area contributed by atoms with Crippen molar-refractivity contribution < 1.29 is 40.3 Å². The number of halogens is 6. The molecule has 1 aliphatic heterocycles. The van der Waals surface area contributed by atoms with Crippen LogP contribution >= 0.6 is 0 Å². The topological polar surface area (TPSA) is 79.6 Å². The second kappa shape index (κ2) is 11.7. The molecule has 0 spiro atoms. The van der Waals surface area contributed by atoms with Gasteiger partial charge in [0.25, 0.3) is 11.8 Å². The van der Waals surface area contributed by atoms with Gasteiger partial charge in [-0.1, -0.05) is 42.5 Å². The van der Waals surface area contributed by atoms with Gasteiger partial charge in [0.1, 0.15) is 5.58 Å². The number of para-hydroxylation sites is 1. The SMILES string of the molecule is O=C(c1cc(C(F)(F)F)cc(C(F)(F)F)c1)N(C(=O)c1cc(=O)c2ccccc2o1)C1CCNC(Cc2ccccc2)C1. The van der Waals surface area contributed by atoms with Gasteiger partial charge in [0, 0.05) is 23.7 Å². The average molecular weight is 603 g/mol. The van der Waals surface area contributed by atoms with Gasteiger partial charge in [0.05, 0.1) is 16.5 Å². The molecule has 1 fully saturated rings. The van der Waals surface area contributed by atoms with E-state index in [1.54, 1.807) is 12.1 Å². The minimum Gasteiger partial charge on any atom is -0.451 e. The Hall–Kier alpha value is -4.45. The first-order valence-corrected chi connectivity index (χ1v) is 13.3. The molecular formula is C31H24F6N2O4. The van der Waals surface area contributed by atoms with E-state index in [-0.39, 0.29) is 48.1 Å². The lowest BCUT2D eigenvalue weighted by atomic mass is 9.92. The zero-order chi connectivity index (χ0) is 30.9. The Morgan fingerprint density at radius 1 is 0.837 bits per heavy atom. The van der Waals surface area contributed by atoms with Gasteiger partial charge in [-0.3, -0.25) is 19.3 Å². The molecule has 1 saturated heterocycles. The maximum absolute atomic E-state index is 13.9. The Labute approximate surface area is 240 Å². The number of hydrogen-bond donors (Lipinski definition) is 1. The highest BCUT2D eigenvalue weighted by molar-refractivity contribution is 6.10. The van der Waals surface area contributed by atoms with Crippen LogP contribution in [0.5, 0.6) is 0 Å². The average Bonchev–Trinajstić information content (AvgIpc) is 2.97. The van der Waals surface area contributed by atoms with Gasteiger partial charge < -0.3 is 9.73 Å². The van der Waals surface area contributed by atoms with Crippen LogP contribution in [-0.4, -0.2) is 35.3 Å². The van der Waals surface area contributed by atoms with E-state index in [9.17, 15) is 40.7 Å². The van der Waals surface area contributed by atoms with E-state index in [1.807, 2.05) is 30.3 Å². The maximum Gasteiger partial charge on any atom is 0.416 e. The summed E-state index contributed by atoms with van der Waals surface area (Å²) in [6.45, 7) is 0.303. The fourth-order valence-corrected chi connectivity index (χ4v) is 5.24. The Kier molecular flexibility index (Phi) is 8.15. The molecule has 2 amide bonds. The highest BCUT2D eigenvalue weighted by atomic mass is 19.4. The number of piperidine rings is 1. The zero-order valence-electron chi connectivity index (χ0n) is 22.3. The van der Waals surface area contributed by atoms with E-state index in [0.717, 1.165) is 11.6 Å². The fraction of sp³-hybridized carbons (Fsp3) is 0.258. The van der Waals surface area contributed by atoms with Crippen LogP contribution in [0.1, 0.15) is 50.4 Å². The summed E-state index contributed by atoms with van der Waals surface area (Å²) < 4.78 is 87.3. The molecule has 1 aliphatic rings. The summed E-state index contributed by atoms with van der Waals surface area (Å²) >= 11 is 0. The van der Waals surface area contributed by atoms with Gasteiger partial charge >= 0.3 is 12.4 Å². The number of alkyl halides is 6. The molecule has 43 heavy (non-hydrogen) atoms. The largest absolute Gasteiger partial charge is 0.451 e. The number of carbonyl (C=O) groups excluding carboxylic acids is 2. The van der Waals surface area contributed by atoms with Crippen LogP contribution in [0.25, 0.3) is 11.0 Å². The van der Waals surface area contributed by atoms with Crippen molar-refractivity contribution in [1.82, 2.24) is 10.2 Å². The van der Waals surface area contributed by atoms with Crippen LogP contribution in [0.3, 0.4) is 0 Å². The molecule has 224 valence electrons. The number of amides is 2. The molecule has 2 unspecified atom stereocenters. The summed E-state index contributed by atoms with van der Waals surface area (Å²) in [7, 11) is 0. The normalized spacial score (nSPS) is 17.5. The molecule has 2 atom stereocenters. The van der Waals surface area contributed by atoms with Crippen molar-refractivity contribution in [3.63, 3.8) is 0 Å². The predicted molar refractivity (Wildman–Crippen MR) is 144 cm³/mol. The van der Waals surface area contributed by atoms with E-state index < -0.39 is 58.1 Å². The van der Waals surface area contributed by atoms with Gasteiger partial charge in [-0.05, 0) is 61.7 Å². The number of nitrogens with one attached hydrogen (secondary N) is 1. The maximum atomic E-state index is 13.9. The van der Waals surface area contributed by atoms with Crippen molar-refractivity contribution in [3.05, 3.63) is 117 Å². The summed E-state index contributed by atoms with van der Waals surface area (Å²) in [6.07, 6.45) is -9.61. The second-order valence-corrected chi connectivity index (χ2v) is 10.3. The number of rotatable bonds is 5. The number of hydrogen-bond acceptors (Lipinski definition) is 5. The van der Waals surface area contributed by atoms with Crippen LogP contribution in [-0.2, 0) is 18.8 Å². The second-order valence-electron chi connectivity index (χ2n) is 10.3. The van der Waals surface area contributed by atoms with Crippen LogP contribution in [0.2, 0.25) is 0 Å². The molecule has 2 heterocycles. The lowest BCUT2D eigenvalue weighted by molar-refractivity contribution is -0.143. The lowest BCUT2D eigenvalue weighted by Crippen LogP contribution is -2.52. The van der Waals surface area contributed by atoms with Crippen LogP contribution in [0.4, 0.5) is 26.3 Å². The number of benzene rings is 3. The van der Waals surface area contributed by atoms with Crippen LogP contribution < -0.4 is 10.7 Å². The molecule has 0 radical (unpaired) electrons. The summed E-state index contributed by atoms with van der Waals surface area (Å²) in [5.74, 6) is -3.09. The number of nitrogens with zero attached hydrogens (tertiary/aromatic N) is 1. The van der Waals surface area contributed by atoms with Crippen LogP contribution in [0.15, 0.2) is 88.1 Å².